The van der Waals surface area contributed by atoms with Gasteiger partial charge in [0.2, 0.25) is 0 Å². The molecule has 2 aromatic carbocycles. The number of aliphatic carboxylic acids is 1. The van der Waals surface area contributed by atoms with Crippen LogP contribution in [0.2, 0.25) is 5.02 Å². The van der Waals surface area contributed by atoms with Gasteiger partial charge in [0.25, 0.3) is 0 Å². The maximum atomic E-state index is 14.7. The smallest absolute Gasteiger partial charge is 0.318 e. The summed E-state index contributed by atoms with van der Waals surface area (Å²) in [6.45, 7) is 22.5. The van der Waals surface area contributed by atoms with Crippen LogP contribution in [0, 0.1) is 68.0 Å². The minimum atomic E-state index is -1.04. The van der Waals surface area contributed by atoms with E-state index in [-0.39, 0.29) is 63.8 Å². The Labute approximate surface area is 400 Å². The van der Waals surface area contributed by atoms with Crippen molar-refractivity contribution in [2.24, 2.45) is 68.0 Å². The Kier molecular flexibility index (Phi) is 12.6. The highest BCUT2D eigenvalue weighted by Crippen LogP contribution is 2.79. The molecule has 6 aliphatic carbocycles. The summed E-state index contributed by atoms with van der Waals surface area (Å²) in [7, 11) is 4.04. The molecule has 10 atom stereocenters. The molecule has 0 saturated heterocycles. The van der Waals surface area contributed by atoms with Crippen LogP contribution in [0.15, 0.2) is 65.7 Å². The molecular weight excluding hydrogens is 846 g/mol. The monoisotopic (exact) mass is 924 g/mol. The maximum absolute atomic E-state index is 14.7. The molecule has 0 spiro atoms. The van der Waals surface area contributed by atoms with E-state index >= 15 is 0 Å². The van der Waals surface area contributed by atoms with Gasteiger partial charge in [-0.3, -0.25) is 14.4 Å². The van der Waals surface area contributed by atoms with Crippen LogP contribution < -0.4 is 5.32 Å². The number of carboxylic acids is 1. The van der Waals surface area contributed by atoms with Crippen molar-refractivity contribution in [1.29, 1.82) is 0 Å². The number of esters is 1. The average Bonchev–Trinajstić information content (AvgIpc) is 3.54. The highest BCUT2D eigenvalue weighted by molar-refractivity contribution is 6.30. The van der Waals surface area contributed by atoms with E-state index in [1.807, 2.05) is 87.4 Å². The average molecular weight is 925 g/mol. The Balaban J connectivity index is 1.06. The van der Waals surface area contributed by atoms with Crippen LogP contribution in [0.3, 0.4) is 0 Å². The Morgan fingerprint density at radius 3 is 2.09 bits per heavy atom. The molecule has 10 heteroatoms. The second-order valence-electron chi connectivity index (χ2n) is 24.3. The summed E-state index contributed by atoms with van der Waals surface area (Å²) in [6, 6.07) is 17.2. The summed E-state index contributed by atoms with van der Waals surface area (Å²) in [5, 5.41) is 15.6. The van der Waals surface area contributed by atoms with E-state index < -0.39 is 28.3 Å². The number of ether oxygens (including phenoxy) is 1. The molecule has 5 saturated carbocycles. The predicted molar refractivity (Wildman–Crippen MR) is 260 cm³/mol. The lowest BCUT2D eigenvalue weighted by molar-refractivity contribution is -0.261. The Bertz CT molecular complexity index is 2250. The third-order valence-electron chi connectivity index (χ3n) is 20.2. The number of carbonyl (C=O) groups excluding carboxylic acids is 3. The third-order valence-corrected chi connectivity index (χ3v) is 20.5. The number of hydrogen-bond acceptors (Lipinski definition) is 6. The number of hydrogen-bond donors (Lipinski definition) is 2. The second-order valence-corrected chi connectivity index (χ2v) is 24.8. The van der Waals surface area contributed by atoms with Crippen molar-refractivity contribution >= 4 is 35.4 Å². The van der Waals surface area contributed by atoms with E-state index in [0.717, 1.165) is 68.1 Å². The molecular formula is C56H78ClN3O6. The van der Waals surface area contributed by atoms with E-state index in [0.29, 0.717) is 49.3 Å². The van der Waals surface area contributed by atoms with Crippen molar-refractivity contribution < 1.29 is 29.0 Å². The summed E-state index contributed by atoms with van der Waals surface area (Å²) in [4.78, 5) is 60.6. The molecule has 5 fully saturated rings. The number of nitrogens with one attached hydrogen (secondary N) is 1. The van der Waals surface area contributed by atoms with E-state index in [1.54, 1.807) is 0 Å². The zero-order valence-corrected chi connectivity index (χ0v) is 42.6. The molecule has 2 N–H and O–H groups in total. The largest absolute Gasteiger partial charge is 0.481 e. The summed E-state index contributed by atoms with van der Waals surface area (Å²) in [6.07, 6.45) is 8.09. The van der Waals surface area contributed by atoms with Gasteiger partial charge in [-0.15, -0.1) is 0 Å². The highest BCUT2D eigenvalue weighted by atomic mass is 35.5. The maximum Gasteiger partial charge on any atom is 0.318 e. The van der Waals surface area contributed by atoms with Gasteiger partial charge in [0.1, 0.15) is 6.61 Å². The van der Waals surface area contributed by atoms with Gasteiger partial charge in [0.15, 0.2) is 5.78 Å². The van der Waals surface area contributed by atoms with Gasteiger partial charge in [-0.2, -0.15) is 0 Å². The first kappa shape index (κ1) is 48.8. The van der Waals surface area contributed by atoms with Gasteiger partial charge < -0.3 is 25.0 Å². The van der Waals surface area contributed by atoms with Crippen molar-refractivity contribution in [3.63, 3.8) is 0 Å². The quantitative estimate of drug-likeness (QED) is 0.204. The lowest BCUT2D eigenvalue weighted by atomic mass is 9.30. The van der Waals surface area contributed by atoms with Gasteiger partial charge >= 0.3 is 18.0 Å². The van der Waals surface area contributed by atoms with Crippen LogP contribution in [0.4, 0.5) is 4.79 Å². The van der Waals surface area contributed by atoms with Crippen molar-refractivity contribution in [2.45, 2.75) is 145 Å². The minimum absolute atomic E-state index is 0.0132. The van der Waals surface area contributed by atoms with Crippen molar-refractivity contribution in [1.82, 2.24) is 15.1 Å². The number of carboxylic acid groups (broad SMARTS) is 1. The first-order valence-corrected chi connectivity index (χ1v) is 25.5. The molecule has 2 aromatic rings. The standard InChI is InChI=1S/C56H78ClN3O6/c1-35(2)45-41(61)32-55(58-49(65)60(30-29-59(10)11)33-36-17-19-38(57)20-18-36)28-27-53(8)39(46(45)55)21-22-44-52(7)25-23-43(50(3,4)42(52)24-26-54(44,53)9)56(48(63)64)31-40(51(56,5)6)47(62)66-34-37-15-13-12-14-16-37/h12-20,35,39-40,42-44H,21-34H2,1-11H3,(H,58,65)(H,63,64)/t39-,40+,42-,43+,44-,52-,53-,54-,55-,56-/m1/s1. The molecule has 0 aliphatic heterocycles. The lowest BCUT2D eigenvalue weighted by Gasteiger charge is -2.74. The number of ketones is 1. The van der Waals surface area contributed by atoms with Crippen LogP contribution in [-0.4, -0.2) is 71.4 Å². The van der Waals surface area contributed by atoms with Crippen molar-refractivity contribution in [3.8, 4) is 0 Å². The van der Waals surface area contributed by atoms with Gasteiger partial charge in [-0.25, -0.2) is 4.79 Å². The van der Waals surface area contributed by atoms with E-state index in [1.165, 1.54) is 5.57 Å². The SMILES string of the molecule is CC(C)C1=C2[C@H]3CC[C@@H]4[C@]5(C)CC[C@H]([C@@]6(C(=O)O)C[C@@H](C(=O)OCc7ccccc7)C6(C)C)C(C)(C)[C@H]5CC[C@@]4(C)[C@]3(C)CC[C@@]2(NC(=O)N(CCN(C)C)Cc2ccc(Cl)cc2)CC1=O. The number of allylic oxidation sites excluding steroid dienone is 1. The summed E-state index contributed by atoms with van der Waals surface area (Å²) in [5.74, 6) is -0.523. The first-order valence-electron chi connectivity index (χ1n) is 25.1. The fraction of sp³-hybridized carbons (Fsp3) is 0.679. The van der Waals surface area contributed by atoms with Crippen LogP contribution in [-0.2, 0) is 32.3 Å². The summed E-state index contributed by atoms with van der Waals surface area (Å²) in [5.41, 5.74) is 1.12. The van der Waals surface area contributed by atoms with Crippen LogP contribution >= 0.6 is 11.6 Å². The number of benzene rings is 2. The number of likely N-dealkylation sites (N-methyl/N-ethyl adjacent to an activating group) is 1. The van der Waals surface area contributed by atoms with Gasteiger partial charge in [0, 0.05) is 31.1 Å². The molecule has 66 heavy (non-hydrogen) atoms. The number of halogens is 1. The first-order chi connectivity index (χ1) is 30.9. The zero-order valence-electron chi connectivity index (χ0n) is 41.8. The minimum Gasteiger partial charge on any atom is -0.481 e. The number of Topliss-reactive ketones (excluding diaryl/α,β-unsaturated/α-hetero) is 1. The number of carbonyl (C=O) groups is 4. The fourth-order valence-electron chi connectivity index (χ4n) is 16.6. The Morgan fingerprint density at radius 2 is 1.47 bits per heavy atom. The van der Waals surface area contributed by atoms with Crippen LogP contribution in [0.25, 0.3) is 0 Å². The third kappa shape index (κ3) is 7.40. The number of rotatable bonds is 12. The van der Waals surface area contributed by atoms with Gasteiger partial charge in [-0.05, 0) is 163 Å². The lowest BCUT2D eigenvalue weighted by Crippen LogP contribution is -2.71. The van der Waals surface area contributed by atoms with Crippen LogP contribution in [0.1, 0.15) is 138 Å². The molecule has 2 amide bonds. The fourth-order valence-corrected chi connectivity index (χ4v) is 16.8. The number of nitrogens with zero attached hydrogens (tertiary/aromatic N) is 2. The predicted octanol–water partition coefficient (Wildman–Crippen LogP) is 11.6. The number of fused-ring (bicyclic) bond motifs is 7. The van der Waals surface area contributed by atoms with Gasteiger partial charge in [-0.1, -0.05) is 116 Å². The summed E-state index contributed by atoms with van der Waals surface area (Å²) < 4.78 is 5.85. The van der Waals surface area contributed by atoms with Gasteiger partial charge in [0.05, 0.1) is 16.9 Å². The van der Waals surface area contributed by atoms with Crippen molar-refractivity contribution in [3.05, 3.63) is 81.9 Å². The summed E-state index contributed by atoms with van der Waals surface area (Å²) >= 11 is 6.24. The van der Waals surface area contributed by atoms with E-state index in [2.05, 4.69) is 58.7 Å². The zero-order chi connectivity index (χ0) is 48.0. The molecule has 0 aromatic heterocycles. The molecule has 0 heterocycles. The van der Waals surface area contributed by atoms with Crippen molar-refractivity contribution in [2.75, 3.05) is 27.2 Å². The number of urea groups is 1. The molecule has 8 rings (SSSR count). The topological polar surface area (TPSA) is 116 Å². The molecule has 360 valence electrons. The Hall–Kier alpha value is -3.69. The Morgan fingerprint density at radius 1 is 0.803 bits per heavy atom. The van der Waals surface area contributed by atoms with E-state index in [9.17, 15) is 24.3 Å². The second kappa shape index (κ2) is 17.1. The van der Waals surface area contributed by atoms with E-state index in [4.69, 9.17) is 16.3 Å². The normalized spacial score (nSPS) is 36.4. The molecule has 6 aliphatic rings. The molecule has 9 nitrogen and oxygen atoms in total. The molecule has 0 radical (unpaired) electrons. The molecule has 0 bridgehead atoms. The molecule has 0 unspecified atom stereocenters. The highest BCUT2D eigenvalue weighted by Gasteiger charge is 2.76. The number of amides is 2. The van der Waals surface area contributed by atoms with Crippen LogP contribution in [0.5, 0.6) is 0 Å².